The molecule has 0 saturated heterocycles. The van der Waals surface area contributed by atoms with Gasteiger partial charge in [0, 0.05) is 17.7 Å². The van der Waals surface area contributed by atoms with E-state index < -0.39 is 18.8 Å². The Kier molecular flexibility index (Phi) is 6.07. The molecule has 2 rings (SSSR count). The largest absolute Gasteiger partial charge is 0.484 e. The molecule has 0 amide bonds. The lowest BCUT2D eigenvalue weighted by Crippen LogP contribution is -2.19. The van der Waals surface area contributed by atoms with Crippen LogP contribution in [0.25, 0.3) is 11.5 Å². The van der Waals surface area contributed by atoms with Gasteiger partial charge >= 0.3 is 12.1 Å². The zero-order valence-corrected chi connectivity index (χ0v) is 13.1. The number of rotatable bonds is 8. The molecule has 1 aromatic carbocycles. The summed E-state index contributed by atoms with van der Waals surface area (Å²) in [6.07, 6.45) is -3.85. The zero-order chi connectivity index (χ0) is 17.6. The van der Waals surface area contributed by atoms with Gasteiger partial charge < -0.3 is 14.3 Å². The highest BCUT2D eigenvalue weighted by Crippen LogP contribution is 2.26. The van der Waals surface area contributed by atoms with E-state index >= 15 is 0 Å². The highest BCUT2D eigenvalue weighted by Gasteiger charge is 2.28. The number of benzene rings is 1. The molecule has 0 bridgehead atoms. The minimum absolute atomic E-state index is 0.0629. The molecule has 0 unspecified atom stereocenters. The van der Waals surface area contributed by atoms with Crippen LogP contribution >= 0.6 is 11.8 Å². The van der Waals surface area contributed by atoms with E-state index in [1.54, 1.807) is 0 Å². The molecule has 130 valence electrons. The fourth-order valence-corrected chi connectivity index (χ4v) is 2.33. The van der Waals surface area contributed by atoms with Crippen LogP contribution in [-0.4, -0.2) is 39.8 Å². The predicted molar refractivity (Wildman–Crippen MR) is 78.9 cm³/mol. The number of aliphatic carboxylic acids is 1. The maximum atomic E-state index is 12.1. The average molecular weight is 362 g/mol. The van der Waals surface area contributed by atoms with Crippen molar-refractivity contribution in [3.8, 4) is 17.2 Å². The number of hydrogen-bond acceptors (Lipinski definition) is 6. The number of halogens is 3. The van der Waals surface area contributed by atoms with Crippen molar-refractivity contribution in [2.45, 2.75) is 24.2 Å². The summed E-state index contributed by atoms with van der Waals surface area (Å²) in [5, 5.41) is 16.5. The lowest BCUT2D eigenvalue weighted by Gasteiger charge is -2.08. The first kappa shape index (κ1) is 18.1. The number of aromatic nitrogens is 2. The summed E-state index contributed by atoms with van der Waals surface area (Å²) in [7, 11) is 0. The third-order valence-electron chi connectivity index (χ3n) is 2.67. The Labute approximate surface area is 139 Å². The van der Waals surface area contributed by atoms with Crippen molar-refractivity contribution in [1.29, 1.82) is 0 Å². The van der Waals surface area contributed by atoms with Crippen LogP contribution in [0.4, 0.5) is 13.2 Å². The van der Waals surface area contributed by atoms with Crippen LogP contribution in [0.5, 0.6) is 5.75 Å². The van der Waals surface area contributed by atoms with Crippen molar-refractivity contribution in [2.24, 2.45) is 0 Å². The topological polar surface area (TPSA) is 85.5 Å². The normalized spacial score (nSPS) is 11.5. The Morgan fingerprint density at radius 1 is 1.25 bits per heavy atom. The summed E-state index contributed by atoms with van der Waals surface area (Å²) in [5.41, 5.74) is 0.541. The number of alkyl halides is 3. The van der Waals surface area contributed by atoms with Gasteiger partial charge in [-0.3, -0.25) is 4.79 Å². The van der Waals surface area contributed by atoms with E-state index in [0.717, 1.165) is 0 Å². The van der Waals surface area contributed by atoms with Gasteiger partial charge in [-0.2, -0.15) is 13.2 Å². The zero-order valence-electron chi connectivity index (χ0n) is 12.2. The SMILES string of the molecule is O=C(O)CCCSc1nnc(-c2ccc(OCC(F)(F)F)cc2)o1. The van der Waals surface area contributed by atoms with Crippen molar-refractivity contribution in [2.75, 3.05) is 12.4 Å². The smallest absolute Gasteiger partial charge is 0.422 e. The van der Waals surface area contributed by atoms with Crippen LogP contribution in [0.1, 0.15) is 12.8 Å². The maximum Gasteiger partial charge on any atom is 0.422 e. The Hall–Kier alpha value is -2.23. The van der Waals surface area contributed by atoms with Gasteiger partial charge in [0.2, 0.25) is 5.89 Å². The van der Waals surface area contributed by atoms with Gasteiger partial charge in [0.05, 0.1) is 0 Å². The Morgan fingerprint density at radius 2 is 1.96 bits per heavy atom. The number of hydrogen-bond donors (Lipinski definition) is 1. The predicted octanol–water partition coefficient (Wildman–Crippen LogP) is 3.63. The molecular formula is C14H13F3N2O4S. The van der Waals surface area contributed by atoms with E-state index in [2.05, 4.69) is 14.9 Å². The minimum atomic E-state index is -4.39. The molecule has 1 heterocycles. The van der Waals surface area contributed by atoms with Crippen molar-refractivity contribution in [1.82, 2.24) is 10.2 Å². The summed E-state index contributed by atoms with van der Waals surface area (Å²) in [4.78, 5) is 10.4. The lowest BCUT2D eigenvalue weighted by molar-refractivity contribution is -0.153. The van der Waals surface area contributed by atoms with Crippen molar-refractivity contribution < 1.29 is 32.2 Å². The molecule has 0 aliphatic carbocycles. The monoisotopic (exact) mass is 362 g/mol. The quantitative estimate of drug-likeness (QED) is 0.567. The first-order valence-corrected chi connectivity index (χ1v) is 7.80. The molecule has 0 spiro atoms. The summed E-state index contributed by atoms with van der Waals surface area (Å²) >= 11 is 1.24. The maximum absolute atomic E-state index is 12.1. The summed E-state index contributed by atoms with van der Waals surface area (Å²) in [6.45, 7) is -1.36. The van der Waals surface area contributed by atoms with E-state index in [9.17, 15) is 18.0 Å². The number of carbonyl (C=O) groups is 1. The van der Waals surface area contributed by atoms with Crippen LogP contribution in [0, 0.1) is 0 Å². The van der Waals surface area contributed by atoms with Crippen LogP contribution in [-0.2, 0) is 4.79 Å². The molecule has 0 aliphatic rings. The van der Waals surface area contributed by atoms with Gasteiger partial charge in [-0.15, -0.1) is 10.2 Å². The summed E-state index contributed by atoms with van der Waals surface area (Å²) in [5.74, 6) is -0.0374. The highest BCUT2D eigenvalue weighted by atomic mass is 32.2. The number of ether oxygens (including phenoxy) is 1. The van der Waals surface area contributed by atoms with Gasteiger partial charge in [-0.05, 0) is 30.7 Å². The van der Waals surface area contributed by atoms with Gasteiger partial charge in [-0.25, -0.2) is 0 Å². The molecule has 6 nitrogen and oxygen atoms in total. The molecule has 24 heavy (non-hydrogen) atoms. The van der Waals surface area contributed by atoms with Gasteiger partial charge in [0.1, 0.15) is 5.75 Å². The molecule has 0 saturated carbocycles. The molecule has 0 radical (unpaired) electrons. The molecule has 10 heteroatoms. The average Bonchev–Trinajstić information content (AvgIpc) is 2.98. The second-order valence-corrected chi connectivity index (χ2v) is 5.69. The van der Waals surface area contributed by atoms with Crippen LogP contribution < -0.4 is 4.74 Å². The first-order valence-electron chi connectivity index (χ1n) is 6.81. The third-order valence-corrected chi connectivity index (χ3v) is 3.58. The molecule has 1 N–H and O–H groups in total. The molecule has 1 aromatic heterocycles. The summed E-state index contributed by atoms with van der Waals surface area (Å²) < 4.78 is 46.2. The molecule has 2 aromatic rings. The minimum Gasteiger partial charge on any atom is -0.484 e. The fraction of sp³-hybridized carbons (Fsp3) is 0.357. The Morgan fingerprint density at radius 3 is 2.58 bits per heavy atom. The standard InChI is InChI=1S/C14H13F3N2O4S/c15-14(16,17)8-22-10-5-3-9(4-6-10)12-18-19-13(23-12)24-7-1-2-11(20)21/h3-6H,1-2,7-8H2,(H,20,21). The van der Waals surface area contributed by atoms with Gasteiger partial charge in [-0.1, -0.05) is 11.8 Å². The second kappa shape index (κ2) is 8.04. The van der Waals surface area contributed by atoms with Gasteiger partial charge in [0.15, 0.2) is 6.61 Å². The molecule has 0 fully saturated rings. The third kappa shape index (κ3) is 6.11. The van der Waals surface area contributed by atoms with Crippen LogP contribution in [0.3, 0.4) is 0 Å². The van der Waals surface area contributed by atoms with E-state index in [-0.39, 0.29) is 18.1 Å². The molecule has 0 aliphatic heterocycles. The number of carboxylic acid groups (broad SMARTS) is 1. The van der Waals surface area contributed by atoms with Crippen LogP contribution in [0.15, 0.2) is 33.9 Å². The van der Waals surface area contributed by atoms with Gasteiger partial charge in [0.25, 0.3) is 5.22 Å². The molecule has 0 atom stereocenters. The summed E-state index contributed by atoms with van der Waals surface area (Å²) in [6, 6.07) is 5.78. The number of nitrogens with zero attached hydrogens (tertiary/aromatic N) is 2. The van der Waals surface area contributed by atoms with E-state index in [0.29, 0.717) is 23.0 Å². The number of thioether (sulfide) groups is 1. The highest BCUT2D eigenvalue weighted by molar-refractivity contribution is 7.99. The van der Waals surface area contributed by atoms with Crippen molar-refractivity contribution >= 4 is 17.7 Å². The van der Waals surface area contributed by atoms with Crippen molar-refractivity contribution in [3.63, 3.8) is 0 Å². The van der Waals surface area contributed by atoms with Crippen LogP contribution in [0.2, 0.25) is 0 Å². The first-order chi connectivity index (χ1) is 11.3. The Balaban J connectivity index is 1.89. The lowest BCUT2D eigenvalue weighted by atomic mass is 10.2. The van der Waals surface area contributed by atoms with E-state index in [4.69, 9.17) is 9.52 Å². The second-order valence-electron chi connectivity index (χ2n) is 4.65. The van der Waals surface area contributed by atoms with E-state index in [1.807, 2.05) is 0 Å². The fourth-order valence-electron chi connectivity index (χ4n) is 1.63. The van der Waals surface area contributed by atoms with E-state index in [1.165, 1.54) is 36.0 Å². The Bertz CT molecular complexity index is 673. The van der Waals surface area contributed by atoms with Crippen molar-refractivity contribution in [3.05, 3.63) is 24.3 Å². The number of carboxylic acids is 1. The molecular weight excluding hydrogens is 349 g/mol.